The molecule has 1 aromatic rings. The first-order valence-electron chi connectivity index (χ1n) is 4.36. The van der Waals surface area contributed by atoms with Crippen molar-refractivity contribution >= 4 is 5.69 Å². The van der Waals surface area contributed by atoms with Gasteiger partial charge in [0, 0.05) is 25.7 Å². The van der Waals surface area contributed by atoms with E-state index in [-0.39, 0.29) is 10.9 Å². The lowest BCUT2D eigenvalue weighted by Gasteiger charge is -2.21. The average molecular weight is 182 g/mol. The number of rotatable bonds is 4. The first-order chi connectivity index (χ1) is 6.13. The normalized spacial score (nSPS) is 10.7. The zero-order valence-corrected chi connectivity index (χ0v) is 7.96. The number of hydrogen-bond acceptors (Lipinski definition) is 4. The van der Waals surface area contributed by atoms with E-state index >= 15 is 0 Å². The van der Waals surface area contributed by atoms with Gasteiger partial charge in [-0.3, -0.25) is 9.59 Å². The van der Waals surface area contributed by atoms with Crippen LogP contribution < -0.4 is 21.5 Å². The van der Waals surface area contributed by atoms with Crippen molar-refractivity contribution in [2.24, 2.45) is 5.73 Å². The van der Waals surface area contributed by atoms with Gasteiger partial charge in [0.2, 0.25) is 10.9 Å². The summed E-state index contributed by atoms with van der Waals surface area (Å²) in [5.41, 5.74) is 5.85. The molecular weight excluding hydrogens is 168 g/mol. The summed E-state index contributed by atoms with van der Waals surface area (Å²) in [6.45, 7) is 2.96. The van der Waals surface area contributed by atoms with Crippen LogP contribution in [0.1, 0.15) is 12.5 Å². The molecule has 0 spiro atoms. The molecule has 13 heavy (non-hydrogen) atoms. The van der Waals surface area contributed by atoms with Crippen molar-refractivity contribution in [3.63, 3.8) is 0 Å². The largest absolute Gasteiger partial charge is 0.370 e. The third-order valence-electron chi connectivity index (χ3n) is 2.18. The Balaban J connectivity index is 2.95. The Morgan fingerprint density at radius 1 is 1.31 bits per heavy atom. The minimum atomic E-state index is -0.368. The zero-order chi connectivity index (χ0) is 10.0. The van der Waals surface area contributed by atoms with Gasteiger partial charge < -0.3 is 10.6 Å². The smallest absolute Gasteiger partial charge is 0.249 e. The van der Waals surface area contributed by atoms with E-state index in [1.54, 1.807) is 11.9 Å². The Kier molecular flexibility index (Phi) is 2.83. The van der Waals surface area contributed by atoms with Crippen LogP contribution in [0.25, 0.3) is 0 Å². The standard InChI is InChI=1S/C9H14N2O2/c1-3-6-7(9(13)8(6)12)11(2)5-4-10/h3-5,10H2,1-2H3. The molecule has 0 amide bonds. The summed E-state index contributed by atoms with van der Waals surface area (Å²) >= 11 is 0. The molecule has 0 aliphatic carbocycles. The molecule has 1 aromatic carbocycles. The minimum Gasteiger partial charge on any atom is -0.370 e. The summed E-state index contributed by atoms with van der Waals surface area (Å²) in [5, 5.41) is 0. The fraction of sp³-hybridized carbons (Fsp3) is 0.556. The van der Waals surface area contributed by atoms with Gasteiger partial charge in [0.15, 0.2) is 0 Å². The quantitative estimate of drug-likeness (QED) is 0.622. The molecule has 0 aliphatic rings. The highest BCUT2D eigenvalue weighted by Crippen LogP contribution is 2.12. The monoisotopic (exact) mass is 182 g/mol. The van der Waals surface area contributed by atoms with E-state index in [9.17, 15) is 9.59 Å². The van der Waals surface area contributed by atoms with Crippen LogP contribution in [0.5, 0.6) is 0 Å². The Morgan fingerprint density at radius 3 is 2.38 bits per heavy atom. The maximum absolute atomic E-state index is 11.2. The fourth-order valence-electron chi connectivity index (χ4n) is 1.46. The highest BCUT2D eigenvalue weighted by Gasteiger charge is 2.21. The SMILES string of the molecule is CCc1c(N(C)CCN)c(=O)c1=O. The van der Waals surface area contributed by atoms with E-state index in [2.05, 4.69) is 0 Å². The molecule has 0 unspecified atom stereocenters. The van der Waals surface area contributed by atoms with Crippen LogP contribution in [0.15, 0.2) is 9.59 Å². The maximum atomic E-state index is 11.2. The average Bonchev–Trinajstić information content (AvgIpc) is 2.12. The first kappa shape index (κ1) is 9.92. The molecule has 1 rings (SSSR count). The second kappa shape index (κ2) is 3.70. The highest BCUT2D eigenvalue weighted by atomic mass is 16.2. The number of anilines is 1. The van der Waals surface area contributed by atoms with Crippen molar-refractivity contribution in [3.8, 4) is 0 Å². The summed E-state index contributed by atoms with van der Waals surface area (Å²) in [6.07, 6.45) is 0.620. The molecule has 0 heterocycles. The van der Waals surface area contributed by atoms with E-state index < -0.39 is 0 Å². The van der Waals surface area contributed by atoms with Crippen LogP contribution in [0.2, 0.25) is 0 Å². The van der Waals surface area contributed by atoms with Gasteiger partial charge >= 0.3 is 0 Å². The van der Waals surface area contributed by atoms with Crippen molar-refractivity contribution in [1.29, 1.82) is 0 Å². The number of nitrogens with zero attached hydrogens (tertiary/aromatic N) is 1. The molecule has 0 saturated heterocycles. The summed E-state index contributed by atoms with van der Waals surface area (Å²) in [6, 6.07) is 0. The first-order valence-corrected chi connectivity index (χ1v) is 4.36. The molecule has 4 nitrogen and oxygen atoms in total. The highest BCUT2D eigenvalue weighted by molar-refractivity contribution is 5.58. The lowest BCUT2D eigenvalue weighted by molar-refractivity contribution is 0.860. The Labute approximate surface area is 76.7 Å². The summed E-state index contributed by atoms with van der Waals surface area (Å²) in [5.74, 6) is 0. The second-order valence-electron chi connectivity index (χ2n) is 3.05. The zero-order valence-electron chi connectivity index (χ0n) is 7.96. The molecule has 0 bridgehead atoms. The van der Waals surface area contributed by atoms with E-state index in [1.807, 2.05) is 6.92 Å². The van der Waals surface area contributed by atoms with Crippen molar-refractivity contribution in [1.82, 2.24) is 0 Å². The van der Waals surface area contributed by atoms with Crippen molar-refractivity contribution in [2.45, 2.75) is 13.3 Å². The maximum Gasteiger partial charge on any atom is 0.249 e. The molecule has 0 aromatic heterocycles. The number of hydrogen-bond donors (Lipinski definition) is 1. The summed E-state index contributed by atoms with van der Waals surface area (Å²) in [7, 11) is 1.78. The van der Waals surface area contributed by atoms with Crippen LogP contribution in [0.4, 0.5) is 5.69 Å². The van der Waals surface area contributed by atoms with E-state index in [1.165, 1.54) is 0 Å². The Bertz CT molecular complexity index is 363. The number of nitrogens with two attached hydrogens (primary N) is 1. The van der Waals surface area contributed by atoms with Gasteiger partial charge in [0.1, 0.15) is 0 Å². The number of likely N-dealkylation sites (N-methyl/N-ethyl adjacent to an activating group) is 1. The van der Waals surface area contributed by atoms with Gasteiger partial charge in [-0.1, -0.05) is 6.92 Å². The van der Waals surface area contributed by atoms with Gasteiger partial charge in [-0.15, -0.1) is 0 Å². The summed E-state index contributed by atoms with van der Waals surface area (Å²) < 4.78 is 0. The predicted molar refractivity (Wildman–Crippen MR) is 53.1 cm³/mol. The van der Waals surface area contributed by atoms with Crippen molar-refractivity contribution in [3.05, 3.63) is 26.0 Å². The van der Waals surface area contributed by atoms with E-state index in [4.69, 9.17) is 5.73 Å². The van der Waals surface area contributed by atoms with Crippen LogP contribution in [0, 0.1) is 0 Å². The van der Waals surface area contributed by atoms with Crippen LogP contribution in [-0.4, -0.2) is 20.1 Å². The van der Waals surface area contributed by atoms with Crippen LogP contribution in [-0.2, 0) is 6.42 Å². The van der Waals surface area contributed by atoms with Crippen LogP contribution in [0.3, 0.4) is 0 Å². The summed E-state index contributed by atoms with van der Waals surface area (Å²) in [4.78, 5) is 24.0. The Hall–Kier alpha value is -1.16. The third-order valence-corrected chi connectivity index (χ3v) is 2.18. The minimum absolute atomic E-state index is 0.332. The molecule has 0 fully saturated rings. The van der Waals surface area contributed by atoms with Gasteiger partial charge in [-0.05, 0) is 6.42 Å². The molecule has 4 heteroatoms. The van der Waals surface area contributed by atoms with Gasteiger partial charge in [-0.25, -0.2) is 0 Å². The Morgan fingerprint density at radius 2 is 1.92 bits per heavy atom. The topological polar surface area (TPSA) is 63.4 Å². The molecule has 72 valence electrons. The molecular formula is C9H14N2O2. The predicted octanol–water partition coefficient (Wildman–Crippen LogP) is -0.760. The fourth-order valence-corrected chi connectivity index (χ4v) is 1.46. The van der Waals surface area contributed by atoms with Gasteiger partial charge in [0.25, 0.3) is 0 Å². The van der Waals surface area contributed by atoms with Gasteiger partial charge in [-0.2, -0.15) is 0 Å². The molecule has 0 aliphatic heterocycles. The lowest BCUT2D eigenvalue weighted by Crippen LogP contribution is -2.43. The van der Waals surface area contributed by atoms with Crippen LogP contribution >= 0.6 is 0 Å². The van der Waals surface area contributed by atoms with E-state index in [0.717, 1.165) is 0 Å². The molecule has 0 saturated carbocycles. The third kappa shape index (κ3) is 1.49. The molecule has 0 atom stereocenters. The van der Waals surface area contributed by atoms with Gasteiger partial charge in [0.05, 0.1) is 5.69 Å². The van der Waals surface area contributed by atoms with E-state index in [0.29, 0.717) is 30.8 Å². The molecule has 2 N–H and O–H groups in total. The van der Waals surface area contributed by atoms with Crippen molar-refractivity contribution < 1.29 is 0 Å². The molecule has 0 radical (unpaired) electrons. The second-order valence-corrected chi connectivity index (χ2v) is 3.05. The van der Waals surface area contributed by atoms with Crippen molar-refractivity contribution in [2.75, 3.05) is 25.0 Å². The lowest BCUT2D eigenvalue weighted by atomic mass is 10.0.